The Morgan fingerprint density at radius 2 is 1.68 bits per heavy atom. The zero-order valence-electron chi connectivity index (χ0n) is 22.3. The summed E-state index contributed by atoms with van der Waals surface area (Å²) < 4.78 is 14.7. The fourth-order valence-electron chi connectivity index (χ4n) is 4.60. The molecule has 3 N–H and O–H groups in total. The Morgan fingerprint density at radius 3 is 2.42 bits per heavy atom. The van der Waals surface area contributed by atoms with E-state index in [9.17, 15) is 18.8 Å². The van der Waals surface area contributed by atoms with Gasteiger partial charge in [0.05, 0.1) is 11.4 Å². The summed E-state index contributed by atoms with van der Waals surface area (Å²) >= 11 is 6.08. The third-order valence-corrected chi connectivity index (χ3v) is 6.83. The van der Waals surface area contributed by atoms with Crippen molar-refractivity contribution in [3.63, 3.8) is 0 Å². The summed E-state index contributed by atoms with van der Waals surface area (Å²) in [6, 6.07) is 20.4. The van der Waals surface area contributed by atoms with Crippen LogP contribution in [0.5, 0.6) is 0 Å². The predicted octanol–water partition coefficient (Wildman–Crippen LogP) is 5.10. The van der Waals surface area contributed by atoms with Crippen LogP contribution < -0.4 is 20.9 Å². The highest BCUT2D eigenvalue weighted by molar-refractivity contribution is 6.31. The Balaban J connectivity index is 1.56. The van der Waals surface area contributed by atoms with Crippen molar-refractivity contribution in [3.8, 4) is 0 Å². The zero-order valence-corrected chi connectivity index (χ0v) is 23.1. The van der Waals surface area contributed by atoms with Crippen LogP contribution in [0.4, 0.5) is 20.6 Å². The van der Waals surface area contributed by atoms with E-state index in [2.05, 4.69) is 20.9 Å². The van der Waals surface area contributed by atoms with Gasteiger partial charge in [-0.2, -0.15) is 0 Å². The van der Waals surface area contributed by atoms with Gasteiger partial charge in [0.15, 0.2) is 6.30 Å². The van der Waals surface area contributed by atoms with Crippen LogP contribution in [0.2, 0.25) is 5.02 Å². The van der Waals surface area contributed by atoms with Crippen molar-refractivity contribution in [1.82, 2.24) is 15.5 Å². The largest absolute Gasteiger partial charge is 0.368 e. The molecular formula is C30H33ClFN5O3. The smallest absolute Gasteiger partial charge is 0.317 e. The summed E-state index contributed by atoms with van der Waals surface area (Å²) in [5.41, 5.74) is 2.44. The molecule has 1 aliphatic heterocycles. The van der Waals surface area contributed by atoms with Crippen LogP contribution >= 0.6 is 11.6 Å². The van der Waals surface area contributed by atoms with Crippen LogP contribution in [-0.2, 0) is 6.42 Å². The molecule has 0 aliphatic carbocycles. The second kappa shape index (κ2) is 13.8. The minimum Gasteiger partial charge on any atom is -0.368 e. The first-order chi connectivity index (χ1) is 19.3. The maximum atomic E-state index is 14.7. The van der Waals surface area contributed by atoms with Gasteiger partial charge in [-0.1, -0.05) is 48.0 Å². The van der Waals surface area contributed by atoms with Gasteiger partial charge in [-0.25, -0.2) is 9.18 Å². The molecule has 3 aromatic rings. The molecule has 0 bridgehead atoms. The third kappa shape index (κ3) is 7.72. The van der Waals surface area contributed by atoms with E-state index in [0.717, 1.165) is 12.0 Å². The van der Waals surface area contributed by atoms with E-state index in [1.807, 2.05) is 25.1 Å². The van der Waals surface area contributed by atoms with Crippen molar-refractivity contribution in [2.45, 2.75) is 26.1 Å². The van der Waals surface area contributed by atoms with Crippen LogP contribution in [0, 0.1) is 0 Å². The Hall–Kier alpha value is -4.11. The lowest BCUT2D eigenvalue weighted by atomic mass is 10.1. The van der Waals surface area contributed by atoms with Gasteiger partial charge in [-0.05, 0) is 55.3 Å². The van der Waals surface area contributed by atoms with E-state index in [1.54, 1.807) is 59.5 Å². The number of nitrogens with zero attached hydrogens (tertiary/aromatic N) is 2. The number of benzene rings is 3. The fourth-order valence-corrected chi connectivity index (χ4v) is 4.79. The second-order valence-electron chi connectivity index (χ2n) is 9.49. The third-order valence-electron chi connectivity index (χ3n) is 6.59. The number of rotatable bonds is 8. The molecule has 0 radical (unpaired) electrons. The number of hydrogen-bond acceptors (Lipinski definition) is 4. The maximum Gasteiger partial charge on any atom is 0.317 e. The van der Waals surface area contributed by atoms with Crippen LogP contribution in [0.25, 0.3) is 0 Å². The van der Waals surface area contributed by atoms with E-state index in [4.69, 9.17) is 11.6 Å². The Morgan fingerprint density at radius 1 is 0.900 bits per heavy atom. The van der Waals surface area contributed by atoms with Crippen LogP contribution in [0.15, 0.2) is 72.8 Å². The SMILES string of the molecule is CCNC(=O)N1CCCN(c2ccc(C(=O)NC(F)Cc3ccccc3)cc2NC(=O)c2cccc(Cl)c2)CC1. The first kappa shape index (κ1) is 28.9. The van der Waals surface area contributed by atoms with E-state index in [1.165, 1.54) is 0 Å². The first-order valence-corrected chi connectivity index (χ1v) is 13.7. The van der Waals surface area contributed by atoms with Crippen molar-refractivity contribution in [1.29, 1.82) is 0 Å². The Kier molecular flexibility index (Phi) is 9.96. The molecule has 1 heterocycles. The summed E-state index contributed by atoms with van der Waals surface area (Å²) in [5, 5.41) is 8.57. The van der Waals surface area contributed by atoms with Crippen LogP contribution in [-0.4, -0.2) is 61.8 Å². The van der Waals surface area contributed by atoms with Gasteiger partial charge >= 0.3 is 6.03 Å². The quantitative estimate of drug-likeness (QED) is 0.331. The zero-order chi connectivity index (χ0) is 28.5. The first-order valence-electron chi connectivity index (χ1n) is 13.3. The molecule has 1 saturated heterocycles. The second-order valence-corrected chi connectivity index (χ2v) is 9.93. The Bertz CT molecular complexity index is 1340. The molecule has 210 valence electrons. The lowest BCUT2D eigenvalue weighted by molar-refractivity contribution is 0.0893. The number of carbonyl (C=O) groups is 3. The fraction of sp³-hybridized carbons (Fsp3) is 0.300. The van der Waals surface area contributed by atoms with Gasteiger partial charge in [0.1, 0.15) is 0 Å². The summed E-state index contributed by atoms with van der Waals surface area (Å²) in [7, 11) is 0. The van der Waals surface area contributed by atoms with Gasteiger partial charge in [-0.3, -0.25) is 9.59 Å². The van der Waals surface area contributed by atoms with Crippen molar-refractivity contribution < 1.29 is 18.8 Å². The summed E-state index contributed by atoms with van der Waals surface area (Å²) in [6.45, 7) is 4.71. The number of halogens is 2. The van der Waals surface area contributed by atoms with Crippen LogP contribution in [0.1, 0.15) is 39.6 Å². The highest BCUT2D eigenvalue weighted by Gasteiger charge is 2.23. The highest BCUT2D eigenvalue weighted by Crippen LogP contribution is 2.29. The van der Waals surface area contributed by atoms with Crippen LogP contribution in [0.3, 0.4) is 0 Å². The summed E-state index contributed by atoms with van der Waals surface area (Å²) in [6.07, 6.45) is -0.812. The monoisotopic (exact) mass is 565 g/mol. The van der Waals surface area contributed by atoms with Crippen molar-refractivity contribution in [2.75, 3.05) is 42.9 Å². The molecule has 40 heavy (non-hydrogen) atoms. The number of alkyl halides is 1. The van der Waals surface area contributed by atoms with E-state index in [-0.39, 0.29) is 18.0 Å². The van der Waals surface area contributed by atoms with Gasteiger partial charge in [0, 0.05) is 55.3 Å². The van der Waals surface area contributed by atoms with E-state index >= 15 is 0 Å². The summed E-state index contributed by atoms with van der Waals surface area (Å²) in [4.78, 5) is 42.3. The number of carbonyl (C=O) groups excluding carboxylic acids is 3. The molecule has 1 unspecified atom stereocenters. The molecule has 0 spiro atoms. The lowest BCUT2D eigenvalue weighted by Crippen LogP contribution is -2.42. The average molecular weight is 566 g/mol. The molecule has 8 nitrogen and oxygen atoms in total. The molecule has 1 fully saturated rings. The molecule has 0 saturated carbocycles. The Labute approximate surface area is 238 Å². The molecule has 1 atom stereocenters. The molecule has 3 aromatic carbocycles. The standard InChI is InChI=1S/C30H33ClFN5O3/c1-2-33-30(40)37-15-7-14-36(16-17-37)26-13-12-23(29(39)35-27(32)18-21-8-4-3-5-9-21)20-25(26)34-28(38)22-10-6-11-24(31)19-22/h3-6,8-13,19-20,27H,2,7,14-18H2,1H3,(H,33,40)(H,34,38)(H,35,39). The highest BCUT2D eigenvalue weighted by atomic mass is 35.5. The molecule has 4 rings (SSSR count). The van der Waals surface area contributed by atoms with Gasteiger partial charge in [0.25, 0.3) is 11.8 Å². The molecule has 0 aromatic heterocycles. The van der Waals surface area contributed by atoms with Gasteiger partial charge in [0.2, 0.25) is 0 Å². The van der Waals surface area contributed by atoms with E-state index in [0.29, 0.717) is 54.7 Å². The van der Waals surface area contributed by atoms with Gasteiger partial charge in [-0.15, -0.1) is 0 Å². The van der Waals surface area contributed by atoms with Gasteiger partial charge < -0.3 is 25.8 Å². The van der Waals surface area contributed by atoms with Crippen molar-refractivity contribution >= 4 is 40.8 Å². The maximum absolute atomic E-state index is 14.7. The minimum atomic E-state index is -1.58. The van der Waals surface area contributed by atoms with Crippen molar-refractivity contribution in [3.05, 3.63) is 94.5 Å². The number of amides is 4. The number of nitrogens with one attached hydrogen (secondary N) is 3. The molecule has 1 aliphatic rings. The summed E-state index contributed by atoms with van der Waals surface area (Å²) in [5.74, 6) is -0.987. The molecule has 10 heteroatoms. The topological polar surface area (TPSA) is 93.8 Å². The normalized spacial score (nSPS) is 14.2. The number of urea groups is 1. The number of anilines is 2. The number of hydrogen-bond donors (Lipinski definition) is 3. The molecule has 4 amide bonds. The average Bonchev–Trinajstić information content (AvgIpc) is 3.20. The molecular weight excluding hydrogens is 533 g/mol. The van der Waals surface area contributed by atoms with E-state index < -0.39 is 18.1 Å². The minimum absolute atomic E-state index is 0.0406. The predicted molar refractivity (Wildman–Crippen MR) is 156 cm³/mol. The lowest BCUT2D eigenvalue weighted by Gasteiger charge is -2.26. The van der Waals surface area contributed by atoms with Crippen molar-refractivity contribution in [2.24, 2.45) is 0 Å².